The Morgan fingerprint density at radius 3 is 2.60 bits per heavy atom. The summed E-state index contributed by atoms with van der Waals surface area (Å²) < 4.78 is -0.738. The fraction of sp³-hybridized carbons (Fsp3) is 0.462. The summed E-state index contributed by atoms with van der Waals surface area (Å²) in [6.07, 6.45) is 0. The first-order chi connectivity index (χ1) is 9.48. The monoisotopic (exact) mass is 309 g/mol. The average Bonchev–Trinajstić information content (AvgIpc) is 2.47. The van der Waals surface area contributed by atoms with E-state index >= 15 is 0 Å². The summed E-state index contributed by atoms with van der Waals surface area (Å²) >= 11 is 3.12. The van der Waals surface area contributed by atoms with Crippen molar-refractivity contribution in [1.82, 2.24) is 4.90 Å². The van der Waals surface area contributed by atoms with Crippen LogP contribution in [0, 0.1) is 21.4 Å². The van der Waals surface area contributed by atoms with Crippen LogP contribution in [0.25, 0.3) is 0 Å². The van der Waals surface area contributed by atoms with Crippen LogP contribution in [0.1, 0.15) is 5.56 Å². The summed E-state index contributed by atoms with van der Waals surface area (Å²) in [5, 5.41) is 20.4. The van der Waals surface area contributed by atoms with Gasteiger partial charge in [-0.1, -0.05) is 12.1 Å². The maximum Gasteiger partial charge on any atom is 0.269 e. The van der Waals surface area contributed by atoms with Crippen molar-refractivity contribution in [2.45, 2.75) is 10.1 Å². The summed E-state index contributed by atoms with van der Waals surface area (Å²) in [6.45, 7) is 0. The van der Waals surface area contributed by atoms with E-state index in [0.29, 0.717) is 11.6 Å². The van der Waals surface area contributed by atoms with Gasteiger partial charge < -0.3 is 4.90 Å². The van der Waals surface area contributed by atoms with E-state index in [9.17, 15) is 15.4 Å². The molecule has 0 unspecified atom stereocenters. The third-order valence-corrected chi connectivity index (χ3v) is 6.55. The molecule has 0 bridgehead atoms. The highest BCUT2D eigenvalue weighted by Gasteiger charge is 2.40. The number of rotatable bonds is 3. The van der Waals surface area contributed by atoms with Gasteiger partial charge in [-0.2, -0.15) is 5.26 Å². The zero-order valence-electron chi connectivity index (χ0n) is 11.3. The Morgan fingerprint density at radius 1 is 1.45 bits per heavy atom. The van der Waals surface area contributed by atoms with Gasteiger partial charge in [0, 0.05) is 29.7 Å². The number of hydrogen-bond donors (Lipinski definition) is 0. The Bertz CT molecular complexity index is 549. The number of non-ortho nitro benzene ring substituents is 1. The molecule has 1 heterocycles. The van der Waals surface area contributed by atoms with Crippen LogP contribution < -0.4 is 0 Å². The summed E-state index contributed by atoms with van der Waals surface area (Å²) in [4.78, 5) is 12.6. The number of nitro groups is 1. The van der Waals surface area contributed by atoms with Gasteiger partial charge in [0.15, 0.2) is 4.08 Å². The van der Waals surface area contributed by atoms with Crippen LogP contribution in [0.4, 0.5) is 5.69 Å². The van der Waals surface area contributed by atoms with E-state index in [4.69, 9.17) is 0 Å². The number of nitriles is 1. The average molecular weight is 309 g/mol. The van der Waals surface area contributed by atoms with Crippen molar-refractivity contribution in [3.8, 4) is 6.07 Å². The second-order valence-electron chi connectivity index (χ2n) is 4.78. The van der Waals surface area contributed by atoms with Gasteiger partial charge in [0.2, 0.25) is 0 Å². The van der Waals surface area contributed by atoms with Gasteiger partial charge in [0.1, 0.15) is 0 Å². The second-order valence-corrected chi connectivity index (χ2v) is 7.50. The lowest BCUT2D eigenvalue weighted by Crippen LogP contribution is -2.38. The lowest BCUT2D eigenvalue weighted by Gasteiger charge is -2.36. The molecular weight excluding hydrogens is 294 g/mol. The molecule has 1 saturated heterocycles. The molecule has 0 amide bonds. The van der Waals surface area contributed by atoms with Crippen molar-refractivity contribution in [2.24, 2.45) is 0 Å². The largest absolute Gasteiger partial charge is 0.305 e. The smallest absolute Gasteiger partial charge is 0.269 e. The molecule has 7 heteroatoms. The van der Waals surface area contributed by atoms with Crippen LogP contribution >= 0.6 is 23.5 Å². The molecule has 0 aliphatic carbocycles. The first kappa shape index (κ1) is 15.2. The number of nitro benzene ring substituents is 1. The number of thioether (sulfide) groups is 2. The normalized spacial score (nSPS) is 26.2. The molecule has 1 aliphatic heterocycles. The van der Waals surface area contributed by atoms with Crippen molar-refractivity contribution in [2.75, 3.05) is 25.6 Å². The number of hydrogen-bond acceptors (Lipinski definition) is 6. The minimum Gasteiger partial charge on any atom is -0.305 e. The minimum absolute atomic E-state index is 0.0352. The van der Waals surface area contributed by atoms with Crippen molar-refractivity contribution < 1.29 is 4.92 Å². The summed E-state index contributed by atoms with van der Waals surface area (Å²) in [6, 6.07) is 9.17. The van der Waals surface area contributed by atoms with Gasteiger partial charge in [-0.05, 0) is 19.7 Å². The third-order valence-electron chi connectivity index (χ3n) is 3.27. The van der Waals surface area contributed by atoms with Gasteiger partial charge in [-0.3, -0.25) is 10.1 Å². The second kappa shape index (κ2) is 6.04. The number of nitrogens with zero attached hydrogens (tertiary/aromatic N) is 3. The Morgan fingerprint density at radius 2 is 2.10 bits per heavy atom. The summed E-state index contributed by atoms with van der Waals surface area (Å²) in [5.74, 6) is 1.69. The van der Waals surface area contributed by atoms with Crippen LogP contribution in [0.15, 0.2) is 24.3 Å². The summed E-state index contributed by atoms with van der Waals surface area (Å²) in [5.41, 5.74) is 0.745. The molecule has 106 valence electrons. The van der Waals surface area contributed by atoms with Crippen molar-refractivity contribution >= 4 is 29.2 Å². The molecule has 1 fully saturated rings. The standard InChI is InChI=1S/C13H15N3O2S2/c1-15(2)12-7-19-13(9-14,20-8-12)10-4-3-5-11(6-10)16(17)18/h3-6,12H,7-8H2,1-2H3. The zero-order valence-corrected chi connectivity index (χ0v) is 12.9. The van der Waals surface area contributed by atoms with Crippen LogP contribution in [0.5, 0.6) is 0 Å². The molecule has 0 aromatic heterocycles. The highest BCUT2D eigenvalue weighted by atomic mass is 32.2. The molecule has 2 rings (SSSR count). The molecule has 0 radical (unpaired) electrons. The molecule has 1 aromatic carbocycles. The molecule has 1 aliphatic rings. The maximum absolute atomic E-state index is 10.9. The predicted molar refractivity (Wildman–Crippen MR) is 82.8 cm³/mol. The molecule has 0 spiro atoms. The van der Waals surface area contributed by atoms with E-state index < -0.39 is 9.00 Å². The van der Waals surface area contributed by atoms with E-state index in [1.165, 1.54) is 12.1 Å². The Kier molecular flexibility index (Phi) is 4.58. The first-order valence-electron chi connectivity index (χ1n) is 6.09. The van der Waals surface area contributed by atoms with Crippen LogP contribution in [-0.4, -0.2) is 41.5 Å². The van der Waals surface area contributed by atoms with Crippen molar-refractivity contribution in [3.63, 3.8) is 0 Å². The molecule has 1 aromatic rings. The van der Waals surface area contributed by atoms with E-state index in [0.717, 1.165) is 11.5 Å². The highest BCUT2D eigenvalue weighted by Crippen LogP contribution is 2.50. The van der Waals surface area contributed by atoms with E-state index in [1.807, 2.05) is 14.1 Å². The predicted octanol–water partition coefficient (Wildman–Crippen LogP) is 2.68. The molecular formula is C13H15N3O2S2. The quantitative estimate of drug-likeness (QED) is 0.631. The van der Waals surface area contributed by atoms with Gasteiger partial charge in [-0.15, -0.1) is 23.5 Å². The van der Waals surface area contributed by atoms with Gasteiger partial charge >= 0.3 is 0 Å². The third kappa shape index (κ3) is 2.92. The lowest BCUT2D eigenvalue weighted by atomic mass is 10.1. The maximum atomic E-state index is 10.9. The fourth-order valence-corrected chi connectivity index (χ4v) is 5.23. The molecule has 0 N–H and O–H groups in total. The van der Waals surface area contributed by atoms with Crippen LogP contribution in [0.3, 0.4) is 0 Å². The fourth-order valence-electron chi connectivity index (χ4n) is 1.93. The van der Waals surface area contributed by atoms with E-state index in [1.54, 1.807) is 35.7 Å². The minimum atomic E-state index is -0.738. The van der Waals surface area contributed by atoms with Crippen molar-refractivity contribution in [3.05, 3.63) is 39.9 Å². The topological polar surface area (TPSA) is 70.2 Å². The Labute approximate surface area is 126 Å². The van der Waals surface area contributed by atoms with E-state index in [-0.39, 0.29) is 5.69 Å². The Hall–Kier alpha value is -1.23. The highest BCUT2D eigenvalue weighted by molar-refractivity contribution is 8.18. The van der Waals surface area contributed by atoms with Crippen LogP contribution in [-0.2, 0) is 4.08 Å². The molecule has 0 atom stereocenters. The SMILES string of the molecule is CN(C)C1CSC(C#N)(c2cccc([N+](=O)[O-])c2)SC1. The van der Waals surface area contributed by atoms with E-state index in [2.05, 4.69) is 11.0 Å². The van der Waals surface area contributed by atoms with Gasteiger partial charge in [-0.25, -0.2) is 0 Å². The summed E-state index contributed by atoms with van der Waals surface area (Å²) in [7, 11) is 4.05. The van der Waals surface area contributed by atoms with Gasteiger partial charge in [0.05, 0.1) is 11.0 Å². The van der Waals surface area contributed by atoms with Crippen LogP contribution in [0.2, 0.25) is 0 Å². The van der Waals surface area contributed by atoms with Crippen molar-refractivity contribution in [1.29, 1.82) is 5.26 Å². The first-order valence-corrected chi connectivity index (χ1v) is 8.06. The molecule has 20 heavy (non-hydrogen) atoms. The number of benzene rings is 1. The lowest BCUT2D eigenvalue weighted by molar-refractivity contribution is -0.384. The Balaban J connectivity index is 2.27. The van der Waals surface area contributed by atoms with Gasteiger partial charge in [0.25, 0.3) is 5.69 Å². The molecule has 0 saturated carbocycles. The zero-order chi connectivity index (χ0) is 14.8. The molecule has 5 nitrogen and oxygen atoms in total.